The van der Waals surface area contributed by atoms with Crippen molar-refractivity contribution in [3.05, 3.63) is 83.4 Å². The molecular weight excluding hydrogens is 448 g/mol. The van der Waals surface area contributed by atoms with E-state index in [0.29, 0.717) is 40.7 Å². The van der Waals surface area contributed by atoms with Gasteiger partial charge in [0.25, 0.3) is 0 Å². The van der Waals surface area contributed by atoms with E-state index in [-0.39, 0.29) is 17.1 Å². The Kier molecular flexibility index (Phi) is 8.40. The molecule has 7 heteroatoms. The lowest BCUT2D eigenvalue weighted by atomic mass is 9.99. The minimum Gasteiger partial charge on any atom is -0.508 e. The van der Waals surface area contributed by atoms with Gasteiger partial charge in [0.2, 0.25) is 5.75 Å². The highest BCUT2D eigenvalue weighted by Gasteiger charge is 2.16. The fourth-order valence-corrected chi connectivity index (χ4v) is 3.51. The van der Waals surface area contributed by atoms with Crippen LogP contribution in [-0.2, 0) is 0 Å². The van der Waals surface area contributed by atoms with E-state index in [0.717, 1.165) is 5.56 Å². The van der Waals surface area contributed by atoms with Crippen LogP contribution in [-0.4, -0.2) is 43.9 Å². The van der Waals surface area contributed by atoms with Crippen molar-refractivity contribution in [2.45, 2.75) is 6.92 Å². The predicted molar refractivity (Wildman–Crippen MR) is 135 cm³/mol. The second kappa shape index (κ2) is 11.7. The van der Waals surface area contributed by atoms with E-state index in [1.807, 2.05) is 37.3 Å². The number of para-hydroxylation sites is 1. The standard InChI is InChI=1S/C28H28O7/c1-5-35-25-9-7-6-8-19(25)14-18(10-12-23(30)22-17-21(29)11-13-24(22)31)20-15-26(32-2)28(34-4)27(16-20)33-3/h6-17,29,31H,5H2,1-4H3/b12-10+,18-14+. The van der Waals surface area contributed by atoms with Gasteiger partial charge in [0.1, 0.15) is 17.2 Å². The number of hydrogen-bond acceptors (Lipinski definition) is 7. The fourth-order valence-electron chi connectivity index (χ4n) is 3.51. The highest BCUT2D eigenvalue weighted by Crippen LogP contribution is 2.41. The molecule has 3 aromatic carbocycles. The maximum atomic E-state index is 12.8. The lowest BCUT2D eigenvalue weighted by Crippen LogP contribution is -1.98. The molecule has 3 aromatic rings. The maximum absolute atomic E-state index is 12.8. The van der Waals surface area contributed by atoms with Crippen molar-refractivity contribution < 1.29 is 34.0 Å². The van der Waals surface area contributed by atoms with Gasteiger partial charge in [-0.1, -0.05) is 24.3 Å². The molecule has 0 saturated carbocycles. The summed E-state index contributed by atoms with van der Waals surface area (Å²) in [6, 6.07) is 14.9. The Morgan fingerprint density at radius 3 is 2.17 bits per heavy atom. The largest absolute Gasteiger partial charge is 0.508 e. The van der Waals surface area contributed by atoms with Crippen LogP contribution in [0.2, 0.25) is 0 Å². The Balaban J connectivity index is 2.16. The predicted octanol–water partition coefficient (Wildman–Crippen LogP) is 5.50. The molecule has 0 aromatic heterocycles. The molecule has 0 aliphatic carbocycles. The first-order valence-corrected chi connectivity index (χ1v) is 10.9. The third-order valence-electron chi connectivity index (χ3n) is 5.19. The number of hydrogen-bond donors (Lipinski definition) is 2. The SMILES string of the molecule is CCOc1ccccc1/C=C(\C=C\C(=O)c1cc(O)ccc1O)c1cc(OC)c(OC)c(OC)c1. The number of carbonyl (C=O) groups is 1. The normalized spacial score (nSPS) is 11.4. The summed E-state index contributed by atoms with van der Waals surface area (Å²) in [5, 5.41) is 19.8. The molecule has 182 valence electrons. The van der Waals surface area contributed by atoms with Gasteiger partial charge in [0, 0.05) is 5.56 Å². The number of allylic oxidation sites excluding steroid dienone is 3. The van der Waals surface area contributed by atoms with E-state index in [1.165, 1.54) is 45.6 Å². The highest BCUT2D eigenvalue weighted by atomic mass is 16.5. The molecule has 3 rings (SSSR count). The molecule has 0 atom stereocenters. The molecule has 7 nitrogen and oxygen atoms in total. The number of phenols is 2. The number of ketones is 1. The Morgan fingerprint density at radius 2 is 1.54 bits per heavy atom. The van der Waals surface area contributed by atoms with Crippen molar-refractivity contribution in [2.24, 2.45) is 0 Å². The second-order valence-electron chi connectivity index (χ2n) is 7.38. The van der Waals surface area contributed by atoms with Crippen LogP contribution < -0.4 is 18.9 Å². The zero-order valence-corrected chi connectivity index (χ0v) is 20.1. The topological polar surface area (TPSA) is 94.5 Å². The van der Waals surface area contributed by atoms with Gasteiger partial charge in [0.05, 0.1) is 33.5 Å². The molecule has 0 bridgehead atoms. The molecular formula is C28H28O7. The molecule has 0 radical (unpaired) electrons. The van der Waals surface area contributed by atoms with Crippen LogP contribution in [0.25, 0.3) is 11.6 Å². The van der Waals surface area contributed by atoms with Gasteiger partial charge in [-0.05, 0) is 66.6 Å². The zero-order chi connectivity index (χ0) is 25.4. The van der Waals surface area contributed by atoms with Gasteiger partial charge in [-0.2, -0.15) is 0 Å². The minimum absolute atomic E-state index is 0.0137. The van der Waals surface area contributed by atoms with Crippen molar-refractivity contribution in [1.82, 2.24) is 0 Å². The Labute approximate surface area is 204 Å². The lowest BCUT2D eigenvalue weighted by Gasteiger charge is -2.15. The van der Waals surface area contributed by atoms with Crippen molar-refractivity contribution in [1.29, 1.82) is 0 Å². The number of aromatic hydroxyl groups is 2. The van der Waals surface area contributed by atoms with Crippen LogP contribution in [0.1, 0.15) is 28.4 Å². The lowest BCUT2D eigenvalue weighted by molar-refractivity contribution is 0.104. The second-order valence-corrected chi connectivity index (χ2v) is 7.38. The average Bonchev–Trinajstić information content (AvgIpc) is 2.87. The summed E-state index contributed by atoms with van der Waals surface area (Å²) in [7, 11) is 4.58. The fraction of sp³-hybridized carbons (Fsp3) is 0.179. The van der Waals surface area contributed by atoms with Gasteiger partial charge in [-0.15, -0.1) is 0 Å². The van der Waals surface area contributed by atoms with E-state index in [2.05, 4.69) is 0 Å². The summed E-state index contributed by atoms with van der Waals surface area (Å²) in [4.78, 5) is 12.8. The Bertz CT molecular complexity index is 1230. The summed E-state index contributed by atoms with van der Waals surface area (Å²) in [5.74, 6) is 1.22. The Morgan fingerprint density at radius 1 is 0.857 bits per heavy atom. The minimum atomic E-state index is -0.477. The molecule has 0 saturated heterocycles. The van der Waals surface area contributed by atoms with Crippen LogP contribution in [0.3, 0.4) is 0 Å². The van der Waals surface area contributed by atoms with Crippen LogP contribution in [0, 0.1) is 0 Å². The maximum Gasteiger partial charge on any atom is 0.203 e. The van der Waals surface area contributed by atoms with Gasteiger partial charge >= 0.3 is 0 Å². The molecule has 0 aliphatic heterocycles. The van der Waals surface area contributed by atoms with E-state index in [1.54, 1.807) is 18.2 Å². The van der Waals surface area contributed by atoms with Crippen LogP contribution >= 0.6 is 0 Å². The average molecular weight is 477 g/mol. The van der Waals surface area contributed by atoms with Crippen LogP contribution in [0.4, 0.5) is 0 Å². The van der Waals surface area contributed by atoms with Gasteiger partial charge in [-0.3, -0.25) is 4.79 Å². The quantitative estimate of drug-likeness (QED) is 0.131. The molecule has 0 aliphatic rings. The molecule has 0 heterocycles. The summed E-state index contributed by atoms with van der Waals surface area (Å²) < 4.78 is 22.2. The number of carbonyl (C=O) groups excluding carboxylic acids is 1. The molecule has 0 unspecified atom stereocenters. The van der Waals surface area contributed by atoms with Crippen molar-refractivity contribution in [3.8, 4) is 34.5 Å². The summed E-state index contributed by atoms with van der Waals surface area (Å²) in [6.45, 7) is 2.40. The molecule has 0 spiro atoms. The first kappa shape index (κ1) is 25.2. The third-order valence-corrected chi connectivity index (χ3v) is 5.19. The summed E-state index contributed by atoms with van der Waals surface area (Å²) in [6.07, 6.45) is 4.82. The van der Waals surface area contributed by atoms with Crippen LogP contribution in [0.5, 0.6) is 34.5 Å². The first-order valence-electron chi connectivity index (χ1n) is 10.9. The molecule has 2 N–H and O–H groups in total. The van der Waals surface area contributed by atoms with E-state index >= 15 is 0 Å². The highest BCUT2D eigenvalue weighted by molar-refractivity contribution is 6.08. The first-order chi connectivity index (χ1) is 16.9. The monoisotopic (exact) mass is 476 g/mol. The smallest absolute Gasteiger partial charge is 0.203 e. The van der Waals surface area contributed by atoms with E-state index < -0.39 is 5.78 Å². The van der Waals surface area contributed by atoms with Crippen molar-refractivity contribution >= 4 is 17.4 Å². The van der Waals surface area contributed by atoms with Gasteiger partial charge in [0.15, 0.2) is 17.3 Å². The zero-order valence-electron chi connectivity index (χ0n) is 20.1. The van der Waals surface area contributed by atoms with Crippen molar-refractivity contribution in [3.63, 3.8) is 0 Å². The number of phenolic OH excluding ortho intramolecular Hbond substituents is 2. The van der Waals surface area contributed by atoms with Gasteiger partial charge in [-0.25, -0.2) is 0 Å². The van der Waals surface area contributed by atoms with Crippen molar-refractivity contribution in [2.75, 3.05) is 27.9 Å². The number of benzene rings is 3. The van der Waals surface area contributed by atoms with E-state index in [9.17, 15) is 15.0 Å². The van der Waals surface area contributed by atoms with Gasteiger partial charge < -0.3 is 29.2 Å². The molecule has 35 heavy (non-hydrogen) atoms. The molecule has 0 fully saturated rings. The molecule has 0 amide bonds. The third kappa shape index (κ3) is 5.95. The number of methoxy groups -OCH3 is 3. The number of rotatable bonds is 10. The van der Waals surface area contributed by atoms with E-state index in [4.69, 9.17) is 18.9 Å². The number of ether oxygens (including phenoxy) is 4. The van der Waals surface area contributed by atoms with Crippen LogP contribution in [0.15, 0.2) is 66.7 Å². The Hall–Kier alpha value is -4.39. The summed E-state index contributed by atoms with van der Waals surface area (Å²) in [5.41, 5.74) is 2.12. The summed E-state index contributed by atoms with van der Waals surface area (Å²) >= 11 is 0.